The molecule has 90 valence electrons. The lowest BCUT2D eigenvalue weighted by atomic mass is 9.96. The summed E-state index contributed by atoms with van der Waals surface area (Å²) in [5.74, 6) is 0.967. The predicted octanol–water partition coefficient (Wildman–Crippen LogP) is 2.17. The SMILES string of the molecule is c1coc(CNCc2n[nH]c3c2CCCC3)c1. The van der Waals surface area contributed by atoms with Gasteiger partial charge in [-0.05, 0) is 43.4 Å². The minimum Gasteiger partial charge on any atom is -0.468 e. The fourth-order valence-electron chi connectivity index (χ4n) is 2.41. The fourth-order valence-corrected chi connectivity index (χ4v) is 2.41. The van der Waals surface area contributed by atoms with E-state index in [1.54, 1.807) is 6.26 Å². The van der Waals surface area contributed by atoms with Crippen LogP contribution in [0.3, 0.4) is 0 Å². The second kappa shape index (κ2) is 4.75. The maximum Gasteiger partial charge on any atom is 0.117 e. The van der Waals surface area contributed by atoms with Crippen molar-refractivity contribution in [1.29, 1.82) is 0 Å². The summed E-state index contributed by atoms with van der Waals surface area (Å²) in [6, 6.07) is 3.89. The molecule has 4 nitrogen and oxygen atoms in total. The monoisotopic (exact) mass is 231 g/mol. The number of aromatic nitrogens is 2. The second-order valence-corrected chi connectivity index (χ2v) is 4.52. The Morgan fingerprint density at radius 3 is 3.12 bits per heavy atom. The molecule has 0 amide bonds. The van der Waals surface area contributed by atoms with E-state index in [0.29, 0.717) is 0 Å². The third kappa shape index (κ3) is 2.26. The Morgan fingerprint density at radius 2 is 2.24 bits per heavy atom. The van der Waals surface area contributed by atoms with Gasteiger partial charge >= 0.3 is 0 Å². The summed E-state index contributed by atoms with van der Waals surface area (Å²) in [5, 5.41) is 10.9. The number of hydrogen-bond donors (Lipinski definition) is 2. The molecule has 2 aromatic rings. The van der Waals surface area contributed by atoms with Crippen molar-refractivity contribution in [3.63, 3.8) is 0 Å². The number of aryl methyl sites for hydroxylation is 1. The lowest BCUT2D eigenvalue weighted by Crippen LogP contribution is -2.14. The molecular weight excluding hydrogens is 214 g/mol. The number of aromatic amines is 1. The zero-order chi connectivity index (χ0) is 11.5. The van der Waals surface area contributed by atoms with E-state index in [2.05, 4.69) is 15.5 Å². The van der Waals surface area contributed by atoms with E-state index >= 15 is 0 Å². The van der Waals surface area contributed by atoms with Gasteiger partial charge in [-0.1, -0.05) is 0 Å². The highest BCUT2D eigenvalue weighted by Crippen LogP contribution is 2.21. The average molecular weight is 231 g/mol. The van der Waals surface area contributed by atoms with Crippen LogP contribution in [0, 0.1) is 0 Å². The first-order valence-corrected chi connectivity index (χ1v) is 6.21. The molecule has 0 saturated heterocycles. The Hall–Kier alpha value is -1.55. The highest BCUT2D eigenvalue weighted by molar-refractivity contribution is 5.27. The van der Waals surface area contributed by atoms with E-state index < -0.39 is 0 Å². The van der Waals surface area contributed by atoms with Crippen molar-refractivity contribution in [2.75, 3.05) is 0 Å². The summed E-state index contributed by atoms with van der Waals surface area (Å²) in [7, 11) is 0. The van der Waals surface area contributed by atoms with Crippen molar-refractivity contribution in [2.45, 2.75) is 38.8 Å². The van der Waals surface area contributed by atoms with Crippen LogP contribution in [0.5, 0.6) is 0 Å². The minimum absolute atomic E-state index is 0.759. The van der Waals surface area contributed by atoms with E-state index in [1.807, 2.05) is 12.1 Å². The predicted molar refractivity (Wildman–Crippen MR) is 64.5 cm³/mol. The Kier molecular flexibility index (Phi) is 2.96. The van der Waals surface area contributed by atoms with E-state index in [1.165, 1.54) is 36.2 Å². The van der Waals surface area contributed by atoms with E-state index in [-0.39, 0.29) is 0 Å². The van der Waals surface area contributed by atoms with Gasteiger partial charge in [-0.2, -0.15) is 5.10 Å². The van der Waals surface area contributed by atoms with Crippen molar-refractivity contribution >= 4 is 0 Å². The first kappa shape index (κ1) is 10.6. The molecule has 0 fully saturated rings. The molecule has 0 unspecified atom stereocenters. The minimum atomic E-state index is 0.759. The lowest BCUT2D eigenvalue weighted by Gasteiger charge is -2.11. The van der Waals surface area contributed by atoms with Gasteiger partial charge in [0.1, 0.15) is 5.76 Å². The molecule has 0 saturated carbocycles. The first-order chi connectivity index (χ1) is 8.43. The lowest BCUT2D eigenvalue weighted by molar-refractivity contribution is 0.481. The summed E-state index contributed by atoms with van der Waals surface area (Å²) < 4.78 is 5.27. The maximum atomic E-state index is 5.27. The summed E-state index contributed by atoms with van der Waals surface area (Å²) in [5.41, 5.74) is 3.94. The van der Waals surface area contributed by atoms with Gasteiger partial charge in [-0.15, -0.1) is 0 Å². The van der Waals surface area contributed by atoms with E-state index in [4.69, 9.17) is 4.42 Å². The maximum absolute atomic E-state index is 5.27. The number of H-pyrrole nitrogens is 1. The number of hydrogen-bond acceptors (Lipinski definition) is 3. The van der Waals surface area contributed by atoms with E-state index in [9.17, 15) is 0 Å². The molecule has 0 aromatic carbocycles. The third-order valence-corrected chi connectivity index (χ3v) is 3.31. The molecule has 0 spiro atoms. The fraction of sp³-hybridized carbons (Fsp3) is 0.462. The zero-order valence-electron chi connectivity index (χ0n) is 9.83. The van der Waals surface area contributed by atoms with Gasteiger partial charge in [0.2, 0.25) is 0 Å². The molecule has 1 aliphatic rings. The van der Waals surface area contributed by atoms with Gasteiger partial charge in [-0.3, -0.25) is 5.10 Å². The molecule has 2 aromatic heterocycles. The van der Waals surface area contributed by atoms with Crippen molar-refractivity contribution in [2.24, 2.45) is 0 Å². The van der Waals surface area contributed by atoms with Gasteiger partial charge in [0.25, 0.3) is 0 Å². The van der Waals surface area contributed by atoms with Crippen LogP contribution in [-0.4, -0.2) is 10.2 Å². The Balaban J connectivity index is 1.60. The van der Waals surface area contributed by atoms with Crippen molar-refractivity contribution < 1.29 is 4.42 Å². The van der Waals surface area contributed by atoms with Crippen molar-refractivity contribution in [3.8, 4) is 0 Å². The largest absolute Gasteiger partial charge is 0.468 e. The van der Waals surface area contributed by atoms with Crippen LogP contribution in [0.15, 0.2) is 22.8 Å². The quantitative estimate of drug-likeness (QED) is 0.848. The molecule has 0 atom stereocenters. The van der Waals surface area contributed by atoms with E-state index in [0.717, 1.165) is 25.3 Å². The molecule has 0 aliphatic heterocycles. The molecule has 2 N–H and O–H groups in total. The summed E-state index contributed by atoms with van der Waals surface area (Å²) >= 11 is 0. The molecule has 1 aliphatic carbocycles. The molecule has 0 radical (unpaired) electrons. The Labute approximate surface area is 100 Å². The van der Waals surface area contributed by atoms with Gasteiger partial charge in [-0.25, -0.2) is 0 Å². The van der Waals surface area contributed by atoms with Crippen LogP contribution in [0.2, 0.25) is 0 Å². The average Bonchev–Trinajstić information content (AvgIpc) is 2.99. The number of rotatable bonds is 4. The van der Waals surface area contributed by atoms with Gasteiger partial charge in [0.15, 0.2) is 0 Å². The van der Waals surface area contributed by atoms with Crippen LogP contribution >= 0.6 is 0 Å². The molecule has 2 heterocycles. The molecule has 4 heteroatoms. The van der Waals surface area contributed by atoms with Gasteiger partial charge in [0, 0.05) is 12.2 Å². The van der Waals surface area contributed by atoms with Crippen LogP contribution in [-0.2, 0) is 25.9 Å². The molecule has 0 bridgehead atoms. The summed E-state index contributed by atoms with van der Waals surface area (Å²) in [6.45, 7) is 1.57. The van der Waals surface area contributed by atoms with Crippen molar-refractivity contribution in [1.82, 2.24) is 15.5 Å². The van der Waals surface area contributed by atoms with Crippen LogP contribution in [0.25, 0.3) is 0 Å². The topological polar surface area (TPSA) is 53.9 Å². The number of furan rings is 1. The first-order valence-electron chi connectivity index (χ1n) is 6.21. The van der Waals surface area contributed by atoms with Crippen LogP contribution in [0.1, 0.15) is 35.6 Å². The Morgan fingerprint density at radius 1 is 1.29 bits per heavy atom. The normalized spacial score (nSPS) is 14.8. The molecular formula is C13H17N3O. The highest BCUT2D eigenvalue weighted by atomic mass is 16.3. The standard InChI is InChI=1S/C13H17N3O/c1-2-6-12-11(5-1)13(16-15-12)9-14-8-10-4-3-7-17-10/h3-4,7,14H,1-2,5-6,8-9H2,(H,15,16). The highest BCUT2D eigenvalue weighted by Gasteiger charge is 2.16. The smallest absolute Gasteiger partial charge is 0.117 e. The molecule has 3 rings (SSSR count). The number of nitrogens with one attached hydrogen (secondary N) is 2. The second-order valence-electron chi connectivity index (χ2n) is 4.52. The van der Waals surface area contributed by atoms with Crippen molar-refractivity contribution in [3.05, 3.63) is 41.1 Å². The number of fused-ring (bicyclic) bond motifs is 1. The Bertz CT molecular complexity index is 473. The zero-order valence-corrected chi connectivity index (χ0v) is 9.83. The third-order valence-electron chi connectivity index (χ3n) is 3.31. The number of nitrogens with zero attached hydrogens (tertiary/aromatic N) is 1. The van der Waals surface area contributed by atoms with Crippen LogP contribution < -0.4 is 5.32 Å². The summed E-state index contributed by atoms with van der Waals surface area (Å²) in [6.07, 6.45) is 6.60. The van der Waals surface area contributed by atoms with Crippen LogP contribution in [0.4, 0.5) is 0 Å². The summed E-state index contributed by atoms with van der Waals surface area (Å²) in [4.78, 5) is 0. The molecule has 17 heavy (non-hydrogen) atoms. The van der Waals surface area contributed by atoms with Gasteiger partial charge in [0.05, 0.1) is 18.5 Å². The van der Waals surface area contributed by atoms with Gasteiger partial charge < -0.3 is 9.73 Å².